The Hall–Kier alpha value is -2.73. The SMILES string of the molecule is Nc1ncnc2c1c(F)cn2[C@@H]1O[C@H]([C@H](O)c2ccc(F)c(F)c2)[C@@H](O)[C@H]1O. The van der Waals surface area contributed by atoms with Crippen molar-refractivity contribution < 1.29 is 33.2 Å². The van der Waals surface area contributed by atoms with Crippen molar-refractivity contribution in [2.24, 2.45) is 0 Å². The van der Waals surface area contributed by atoms with E-state index >= 15 is 0 Å². The molecule has 3 heterocycles. The Morgan fingerprint density at radius 3 is 2.54 bits per heavy atom. The lowest BCUT2D eigenvalue weighted by Crippen LogP contribution is -2.34. The van der Waals surface area contributed by atoms with E-state index in [-0.39, 0.29) is 22.4 Å². The zero-order chi connectivity index (χ0) is 20.2. The van der Waals surface area contributed by atoms with E-state index in [1.807, 2.05) is 0 Å². The highest BCUT2D eigenvalue weighted by atomic mass is 19.2. The van der Waals surface area contributed by atoms with E-state index in [0.29, 0.717) is 0 Å². The van der Waals surface area contributed by atoms with Crippen LogP contribution in [0.4, 0.5) is 19.0 Å². The van der Waals surface area contributed by atoms with E-state index in [1.165, 1.54) is 0 Å². The summed E-state index contributed by atoms with van der Waals surface area (Å²) in [4.78, 5) is 7.62. The van der Waals surface area contributed by atoms with E-state index in [9.17, 15) is 28.5 Å². The summed E-state index contributed by atoms with van der Waals surface area (Å²) in [6.07, 6.45) is -5.41. The van der Waals surface area contributed by atoms with Gasteiger partial charge in [-0.15, -0.1) is 0 Å². The fourth-order valence-corrected chi connectivity index (χ4v) is 3.32. The van der Waals surface area contributed by atoms with Crippen molar-refractivity contribution in [2.75, 3.05) is 5.73 Å². The highest BCUT2D eigenvalue weighted by molar-refractivity contribution is 5.86. The summed E-state index contributed by atoms with van der Waals surface area (Å²) in [5.74, 6) is -3.17. The average Bonchev–Trinajstić information content (AvgIpc) is 3.15. The number of nitrogens with two attached hydrogens (primary N) is 1. The predicted molar refractivity (Wildman–Crippen MR) is 89.1 cm³/mol. The number of hydrogen-bond acceptors (Lipinski definition) is 7. The maximum absolute atomic E-state index is 14.2. The molecule has 5 N–H and O–H groups in total. The van der Waals surface area contributed by atoms with Gasteiger partial charge >= 0.3 is 0 Å². The lowest BCUT2D eigenvalue weighted by atomic mass is 9.99. The van der Waals surface area contributed by atoms with Gasteiger partial charge in [-0.25, -0.2) is 23.1 Å². The molecule has 1 fully saturated rings. The van der Waals surface area contributed by atoms with Gasteiger partial charge in [-0.2, -0.15) is 0 Å². The van der Waals surface area contributed by atoms with E-state index in [4.69, 9.17) is 10.5 Å². The summed E-state index contributed by atoms with van der Waals surface area (Å²) < 4.78 is 47.5. The second kappa shape index (κ2) is 6.71. The van der Waals surface area contributed by atoms with Crippen molar-refractivity contribution in [1.82, 2.24) is 14.5 Å². The van der Waals surface area contributed by atoms with E-state index in [1.54, 1.807) is 0 Å². The van der Waals surface area contributed by atoms with Gasteiger partial charge in [0.05, 0.1) is 5.39 Å². The van der Waals surface area contributed by atoms with Crippen LogP contribution in [0.2, 0.25) is 0 Å². The standard InChI is InChI=1S/C17H15F3N4O4/c18-7-2-1-6(3-8(7)19)11(25)14-12(26)13(27)17(28-14)24-4-9(20)10-15(21)22-5-23-16(10)24/h1-5,11-14,17,25-27H,(H2,21,22,23)/t11-,12+,13-,14-,17-/m1/s1. The Bertz CT molecular complexity index is 1050. The van der Waals surface area contributed by atoms with Crippen LogP contribution in [-0.4, -0.2) is 48.2 Å². The first-order chi connectivity index (χ1) is 13.3. The fraction of sp³-hybridized carbons (Fsp3) is 0.294. The smallest absolute Gasteiger partial charge is 0.164 e. The largest absolute Gasteiger partial charge is 0.387 e. The third-order valence-corrected chi connectivity index (χ3v) is 4.74. The monoisotopic (exact) mass is 396 g/mol. The van der Waals surface area contributed by atoms with Gasteiger partial charge in [-0.1, -0.05) is 6.07 Å². The highest BCUT2D eigenvalue weighted by Gasteiger charge is 2.47. The number of halogens is 3. The van der Waals surface area contributed by atoms with Gasteiger partial charge in [0.1, 0.15) is 36.6 Å². The fourth-order valence-electron chi connectivity index (χ4n) is 3.32. The summed E-state index contributed by atoms with van der Waals surface area (Å²) in [7, 11) is 0. The molecule has 5 atom stereocenters. The number of nitrogen functional groups attached to an aromatic ring is 1. The Morgan fingerprint density at radius 2 is 1.82 bits per heavy atom. The molecule has 4 rings (SSSR count). The van der Waals surface area contributed by atoms with Crippen molar-refractivity contribution >= 4 is 16.9 Å². The normalized spacial score (nSPS) is 26.1. The number of fused-ring (bicyclic) bond motifs is 1. The van der Waals surface area contributed by atoms with Crippen LogP contribution in [0.3, 0.4) is 0 Å². The topological polar surface area (TPSA) is 127 Å². The molecule has 0 bridgehead atoms. The maximum Gasteiger partial charge on any atom is 0.164 e. The molecule has 0 spiro atoms. The number of anilines is 1. The minimum absolute atomic E-state index is 0.0178. The predicted octanol–water partition coefficient (Wildman–Crippen LogP) is 0.784. The molecular weight excluding hydrogens is 381 g/mol. The lowest BCUT2D eigenvalue weighted by molar-refractivity contribution is -0.0850. The summed E-state index contributed by atoms with van der Waals surface area (Å²) in [5, 5.41) is 31.0. The van der Waals surface area contributed by atoms with Gasteiger partial charge in [0, 0.05) is 6.20 Å². The number of rotatable bonds is 3. The third-order valence-electron chi connectivity index (χ3n) is 4.74. The van der Waals surface area contributed by atoms with Crippen molar-refractivity contribution in [3.05, 3.63) is 53.7 Å². The molecule has 3 aromatic rings. The van der Waals surface area contributed by atoms with Crippen LogP contribution in [0.1, 0.15) is 17.9 Å². The summed E-state index contributed by atoms with van der Waals surface area (Å²) in [5.41, 5.74) is 5.60. The number of ether oxygens (including phenoxy) is 1. The molecule has 0 radical (unpaired) electrons. The van der Waals surface area contributed by atoms with Crippen molar-refractivity contribution in [3.63, 3.8) is 0 Å². The molecular formula is C17H15F3N4O4. The first-order valence-corrected chi connectivity index (χ1v) is 8.20. The number of aliphatic hydroxyl groups excluding tert-OH is 3. The lowest BCUT2D eigenvalue weighted by Gasteiger charge is -2.21. The first-order valence-electron chi connectivity index (χ1n) is 8.20. The first kappa shape index (κ1) is 18.6. The van der Waals surface area contributed by atoms with Crippen LogP contribution < -0.4 is 5.73 Å². The van der Waals surface area contributed by atoms with Crippen LogP contribution in [-0.2, 0) is 4.74 Å². The molecule has 0 unspecified atom stereocenters. The van der Waals surface area contributed by atoms with Gasteiger partial charge in [0.2, 0.25) is 0 Å². The second-order valence-corrected chi connectivity index (χ2v) is 6.43. The Labute approximate surface area is 155 Å². The van der Waals surface area contributed by atoms with Gasteiger partial charge in [0.25, 0.3) is 0 Å². The summed E-state index contributed by atoms with van der Waals surface area (Å²) >= 11 is 0. The van der Waals surface area contributed by atoms with Gasteiger partial charge < -0.3 is 30.4 Å². The van der Waals surface area contributed by atoms with Crippen LogP contribution in [0, 0.1) is 17.5 Å². The molecule has 0 amide bonds. The minimum Gasteiger partial charge on any atom is -0.387 e. The highest BCUT2D eigenvalue weighted by Crippen LogP contribution is 2.38. The third kappa shape index (κ3) is 2.79. The summed E-state index contributed by atoms with van der Waals surface area (Å²) in [6, 6.07) is 2.70. The molecule has 1 aliphatic heterocycles. The summed E-state index contributed by atoms with van der Waals surface area (Å²) in [6.45, 7) is 0. The number of aromatic nitrogens is 3. The molecule has 0 saturated carbocycles. The van der Waals surface area contributed by atoms with Gasteiger partial charge in [-0.3, -0.25) is 0 Å². The number of hydrogen-bond donors (Lipinski definition) is 4. The Morgan fingerprint density at radius 1 is 1.07 bits per heavy atom. The van der Waals surface area contributed by atoms with Gasteiger partial charge in [-0.05, 0) is 17.7 Å². The molecule has 148 valence electrons. The maximum atomic E-state index is 14.2. The van der Waals surface area contributed by atoms with Crippen LogP contribution in [0.25, 0.3) is 11.0 Å². The Balaban J connectivity index is 1.69. The molecule has 1 saturated heterocycles. The zero-order valence-electron chi connectivity index (χ0n) is 14.1. The van der Waals surface area contributed by atoms with Crippen LogP contribution in [0.15, 0.2) is 30.7 Å². The second-order valence-electron chi connectivity index (χ2n) is 6.43. The molecule has 1 aliphatic rings. The van der Waals surface area contributed by atoms with E-state index in [0.717, 1.165) is 35.3 Å². The number of nitrogens with zero attached hydrogens (tertiary/aromatic N) is 3. The Kier molecular flexibility index (Phi) is 4.46. The quantitative estimate of drug-likeness (QED) is 0.515. The van der Waals surface area contributed by atoms with E-state index in [2.05, 4.69) is 9.97 Å². The van der Waals surface area contributed by atoms with Crippen LogP contribution >= 0.6 is 0 Å². The van der Waals surface area contributed by atoms with Crippen molar-refractivity contribution in [2.45, 2.75) is 30.6 Å². The minimum atomic E-state index is -1.60. The zero-order valence-corrected chi connectivity index (χ0v) is 14.1. The molecule has 0 aliphatic carbocycles. The van der Waals surface area contributed by atoms with Crippen molar-refractivity contribution in [1.29, 1.82) is 0 Å². The number of aliphatic hydroxyl groups is 3. The molecule has 28 heavy (non-hydrogen) atoms. The van der Waals surface area contributed by atoms with E-state index < -0.39 is 48.1 Å². The average molecular weight is 396 g/mol. The number of benzene rings is 1. The van der Waals surface area contributed by atoms with Gasteiger partial charge in [0.15, 0.2) is 29.3 Å². The molecule has 1 aromatic carbocycles. The molecule has 11 heteroatoms. The molecule has 8 nitrogen and oxygen atoms in total. The van der Waals surface area contributed by atoms with Crippen molar-refractivity contribution in [3.8, 4) is 0 Å². The molecule has 2 aromatic heterocycles. The van der Waals surface area contributed by atoms with Crippen LogP contribution in [0.5, 0.6) is 0 Å².